The zero-order valence-electron chi connectivity index (χ0n) is 9.39. The van der Waals surface area contributed by atoms with Gasteiger partial charge in [0.2, 0.25) is 0 Å². The van der Waals surface area contributed by atoms with Gasteiger partial charge < -0.3 is 15.4 Å². The van der Waals surface area contributed by atoms with E-state index in [2.05, 4.69) is 11.1 Å². The number of methoxy groups -OCH3 is 1. The van der Waals surface area contributed by atoms with Crippen LogP contribution in [0.5, 0.6) is 0 Å². The Kier molecular flexibility index (Phi) is 5.09. The van der Waals surface area contributed by atoms with E-state index in [9.17, 15) is 0 Å². The summed E-state index contributed by atoms with van der Waals surface area (Å²) in [5, 5.41) is 8.59. The molecule has 0 saturated heterocycles. The normalized spacial score (nSPS) is 9.75. The lowest BCUT2D eigenvalue weighted by atomic mass is 10.3. The maximum Gasteiger partial charge on any atom is 0.131 e. The highest BCUT2D eigenvalue weighted by atomic mass is 16.5. The first-order chi connectivity index (χ1) is 7.77. The molecule has 0 fully saturated rings. The average Bonchev–Trinajstić information content (AvgIpc) is 2.29. The highest BCUT2D eigenvalue weighted by Crippen LogP contribution is 2.12. The second-order valence-electron chi connectivity index (χ2n) is 3.31. The summed E-state index contributed by atoms with van der Waals surface area (Å²) in [5.41, 5.74) is 5.62. The van der Waals surface area contributed by atoms with Crippen molar-refractivity contribution in [1.29, 1.82) is 5.26 Å². The molecule has 1 aromatic rings. The smallest absolute Gasteiger partial charge is 0.131 e. The molecule has 86 valence electrons. The average molecular weight is 220 g/mol. The second kappa shape index (κ2) is 6.64. The van der Waals surface area contributed by atoms with Crippen LogP contribution in [0.1, 0.15) is 6.42 Å². The standard InChI is InChI=1S/C11H16N4O/c1-16-9-8-15(7-3-6-12)11-5-2-4-10(13)14-11/h2,4-5H,3,7-9H2,1H3,(H2,13,14). The molecule has 0 spiro atoms. The Morgan fingerprint density at radius 3 is 2.94 bits per heavy atom. The number of nitrogen functional groups attached to an aromatic ring is 1. The lowest BCUT2D eigenvalue weighted by Gasteiger charge is -2.22. The van der Waals surface area contributed by atoms with Crippen LogP contribution >= 0.6 is 0 Å². The van der Waals surface area contributed by atoms with E-state index < -0.39 is 0 Å². The fourth-order valence-electron chi connectivity index (χ4n) is 1.34. The van der Waals surface area contributed by atoms with Gasteiger partial charge in [0.25, 0.3) is 0 Å². The van der Waals surface area contributed by atoms with Gasteiger partial charge in [-0.15, -0.1) is 0 Å². The van der Waals surface area contributed by atoms with Crippen LogP contribution in [0.4, 0.5) is 11.6 Å². The predicted molar refractivity (Wildman–Crippen MR) is 63.0 cm³/mol. The van der Waals surface area contributed by atoms with Gasteiger partial charge in [0.1, 0.15) is 11.6 Å². The zero-order chi connectivity index (χ0) is 11.8. The molecule has 0 aliphatic rings. The molecule has 1 aromatic heterocycles. The third-order valence-electron chi connectivity index (χ3n) is 2.14. The van der Waals surface area contributed by atoms with E-state index in [-0.39, 0.29) is 0 Å². The molecule has 1 rings (SSSR count). The molecule has 0 radical (unpaired) electrons. The minimum Gasteiger partial charge on any atom is -0.384 e. The number of hydrogen-bond donors (Lipinski definition) is 1. The highest BCUT2D eigenvalue weighted by molar-refractivity contribution is 5.44. The van der Waals surface area contributed by atoms with E-state index in [1.165, 1.54) is 0 Å². The van der Waals surface area contributed by atoms with Crippen LogP contribution in [0.25, 0.3) is 0 Å². The first-order valence-electron chi connectivity index (χ1n) is 5.11. The lowest BCUT2D eigenvalue weighted by Crippen LogP contribution is -2.29. The molecule has 0 saturated carbocycles. The molecule has 1 heterocycles. The molecule has 0 aliphatic heterocycles. The van der Waals surface area contributed by atoms with Gasteiger partial charge in [-0.1, -0.05) is 6.07 Å². The van der Waals surface area contributed by atoms with Crippen molar-refractivity contribution in [3.05, 3.63) is 18.2 Å². The molecule has 0 aliphatic carbocycles. The Balaban J connectivity index is 2.70. The number of pyridine rings is 1. The van der Waals surface area contributed by atoms with Crippen LogP contribution in [0, 0.1) is 11.3 Å². The summed E-state index contributed by atoms with van der Waals surface area (Å²) in [5.74, 6) is 1.27. The molecule has 0 bridgehead atoms. The van der Waals surface area contributed by atoms with Gasteiger partial charge in [-0.05, 0) is 12.1 Å². The maximum atomic E-state index is 8.59. The minimum absolute atomic E-state index is 0.459. The van der Waals surface area contributed by atoms with Crippen molar-refractivity contribution >= 4 is 11.6 Å². The van der Waals surface area contributed by atoms with Crippen molar-refractivity contribution in [2.75, 3.05) is 37.4 Å². The molecule has 0 amide bonds. The van der Waals surface area contributed by atoms with Crippen molar-refractivity contribution in [1.82, 2.24) is 4.98 Å². The SMILES string of the molecule is COCCN(CCC#N)c1cccc(N)n1. The number of nitriles is 1. The van der Waals surface area contributed by atoms with Crippen molar-refractivity contribution in [3.8, 4) is 6.07 Å². The summed E-state index contributed by atoms with van der Waals surface area (Å²) in [7, 11) is 1.65. The Hall–Kier alpha value is -1.80. The van der Waals surface area contributed by atoms with E-state index in [1.807, 2.05) is 17.0 Å². The monoisotopic (exact) mass is 220 g/mol. The van der Waals surface area contributed by atoms with Gasteiger partial charge >= 0.3 is 0 Å². The van der Waals surface area contributed by atoms with Gasteiger partial charge in [-0.25, -0.2) is 4.98 Å². The van der Waals surface area contributed by atoms with Crippen LogP contribution in [-0.4, -0.2) is 31.8 Å². The lowest BCUT2D eigenvalue weighted by molar-refractivity contribution is 0.205. The third-order valence-corrected chi connectivity index (χ3v) is 2.14. The van der Waals surface area contributed by atoms with Gasteiger partial charge in [0.15, 0.2) is 0 Å². The van der Waals surface area contributed by atoms with Gasteiger partial charge in [-0.3, -0.25) is 0 Å². The van der Waals surface area contributed by atoms with Crippen LogP contribution in [-0.2, 0) is 4.74 Å². The molecule has 2 N–H and O–H groups in total. The summed E-state index contributed by atoms with van der Waals surface area (Å²) in [6.45, 7) is 1.94. The number of aromatic nitrogens is 1. The summed E-state index contributed by atoms with van der Waals surface area (Å²) in [6.07, 6.45) is 0.459. The van der Waals surface area contributed by atoms with E-state index in [4.69, 9.17) is 15.7 Å². The van der Waals surface area contributed by atoms with Crippen LogP contribution < -0.4 is 10.6 Å². The quantitative estimate of drug-likeness (QED) is 0.775. The largest absolute Gasteiger partial charge is 0.384 e. The maximum absolute atomic E-state index is 8.59. The summed E-state index contributed by atoms with van der Waals surface area (Å²) < 4.78 is 5.02. The first kappa shape index (κ1) is 12.3. The fraction of sp³-hybridized carbons (Fsp3) is 0.455. The Labute approximate surface area is 95.4 Å². The molecule has 5 heteroatoms. The van der Waals surface area contributed by atoms with Crippen molar-refractivity contribution in [2.45, 2.75) is 6.42 Å². The molecule has 16 heavy (non-hydrogen) atoms. The minimum atomic E-state index is 0.459. The Morgan fingerprint density at radius 1 is 1.50 bits per heavy atom. The van der Waals surface area contributed by atoms with Crippen LogP contribution in [0.15, 0.2) is 18.2 Å². The predicted octanol–water partition coefficient (Wildman–Crippen LogP) is 1.03. The number of hydrogen-bond acceptors (Lipinski definition) is 5. The van der Waals surface area contributed by atoms with E-state index in [0.717, 1.165) is 5.82 Å². The third kappa shape index (κ3) is 3.75. The molecule has 0 unspecified atom stereocenters. The summed E-state index contributed by atoms with van der Waals surface area (Å²) >= 11 is 0. The summed E-state index contributed by atoms with van der Waals surface area (Å²) in [4.78, 5) is 6.21. The number of nitrogens with zero attached hydrogens (tertiary/aromatic N) is 3. The molecule has 0 atom stereocenters. The molecular formula is C11H16N4O. The topological polar surface area (TPSA) is 75.2 Å². The number of rotatable bonds is 6. The first-order valence-corrected chi connectivity index (χ1v) is 5.11. The van der Waals surface area contributed by atoms with E-state index in [0.29, 0.717) is 31.9 Å². The second-order valence-corrected chi connectivity index (χ2v) is 3.31. The Bertz CT molecular complexity index is 361. The van der Waals surface area contributed by atoms with Gasteiger partial charge in [0, 0.05) is 20.2 Å². The number of ether oxygens (including phenoxy) is 1. The fourth-order valence-corrected chi connectivity index (χ4v) is 1.34. The summed E-state index contributed by atoms with van der Waals surface area (Å²) in [6, 6.07) is 7.59. The van der Waals surface area contributed by atoms with Gasteiger partial charge in [0.05, 0.1) is 19.1 Å². The van der Waals surface area contributed by atoms with E-state index >= 15 is 0 Å². The van der Waals surface area contributed by atoms with E-state index in [1.54, 1.807) is 13.2 Å². The number of anilines is 2. The molecular weight excluding hydrogens is 204 g/mol. The van der Waals surface area contributed by atoms with Crippen molar-refractivity contribution in [2.24, 2.45) is 0 Å². The van der Waals surface area contributed by atoms with Crippen molar-refractivity contribution in [3.63, 3.8) is 0 Å². The molecule has 0 aromatic carbocycles. The number of nitrogens with two attached hydrogens (primary N) is 1. The van der Waals surface area contributed by atoms with Crippen LogP contribution in [0.2, 0.25) is 0 Å². The van der Waals surface area contributed by atoms with Crippen LogP contribution in [0.3, 0.4) is 0 Å². The Morgan fingerprint density at radius 2 is 2.31 bits per heavy atom. The zero-order valence-corrected chi connectivity index (χ0v) is 9.39. The van der Waals surface area contributed by atoms with Crippen molar-refractivity contribution < 1.29 is 4.74 Å². The van der Waals surface area contributed by atoms with Gasteiger partial charge in [-0.2, -0.15) is 5.26 Å². The highest BCUT2D eigenvalue weighted by Gasteiger charge is 2.07. The molecule has 5 nitrogen and oxygen atoms in total.